The van der Waals surface area contributed by atoms with Gasteiger partial charge < -0.3 is 10.1 Å². The number of carbonyl (C=O) groups excluding carboxylic acids is 1. The van der Waals surface area contributed by atoms with Crippen molar-refractivity contribution in [3.8, 4) is 17.5 Å². The number of fused-ring (bicyclic) bond motifs is 1. The largest absolute Gasteiger partial charge is 0.495 e. The number of amides is 1. The van der Waals surface area contributed by atoms with Crippen LogP contribution in [-0.4, -0.2) is 33.9 Å². The van der Waals surface area contributed by atoms with Gasteiger partial charge in [-0.05, 0) is 37.1 Å². The molecule has 1 N–H and O–H groups in total. The molecule has 0 unspecified atom stereocenters. The first-order chi connectivity index (χ1) is 15.6. The average molecular weight is 449 g/mol. The molecule has 1 aromatic heterocycles. The number of hydrogen-bond acceptors (Lipinski definition) is 6. The first-order valence-electron chi connectivity index (χ1n) is 10.6. The highest BCUT2D eigenvalue weighted by molar-refractivity contribution is 7.99. The summed E-state index contributed by atoms with van der Waals surface area (Å²) in [6.07, 6.45) is 4.28. The molecule has 1 heterocycles. The third kappa shape index (κ3) is 4.34. The van der Waals surface area contributed by atoms with E-state index in [-0.39, 0.29) is 17.2 Å². The summed E-state index contributed by atoms with van der Waals surface area (Å²) >= 11 is 1.17. The molecule has 0 saturated heterocycles. The van der Waals surface area contributed by atoms with Gasteiger partial charge in [0.15, 0.2) is 5.16 Å². The fraction of sp³-hybridized carbons (Fsp3) is 0.333. The van der Waals surface area contributed by atoms with E-state index in [1.807, 2.05) is 18.2 Å². The third-order valence-corrected chi connectivity index (χ3v) is 6.64. The van der Waals surface area contributed by atoms with Gasteiger partial charge in [0.1, 0.15) is 11.3 Å². The first-order valence-corrected chi connectivity index (χ1v) is 11.6. The summed E-state index contributed by atoms with van der Waals surface area (Å²) in [5, 5.41) is 13.4. The van der Waals surface area contributed by atoms with Crippen LogP contribution in [0.3, 0.4) is 0 Å². The summed E-state index contributed by atoms with van der Waals surface area (Å²) in [5.41, 5.74) is 0.0905. The number of benzene rings is 2. The Labute approximate surface area is 190 Å². The molecule has 32 heavy (non-hydrogen) atoms. The highest BCUT2D eigenvalue weighted by Crippen LogP contribution is 2.29. The zero-order valence-electron chi connectivity index (χ0n) is 17.8. The van der Waals surface area contributed by atoms with Crippen molar-refractivity contribution >= 4 is 28.6 Å². The molecule has 0 atom stereocenters. The van der Waals surface area contributed by atoms with E-state index in [2.05, 4.69) is 16.4 Å². The topological polar surface area (TPSA) is 97.0 Å². The standard InChI is InChI=1S/C24H24N4O3S/c1-31-20-12-6-5-11-19(20)28-22(30)17-9-3-4-10-18(17)26-23(28)32-15-21(29)27-24(16-25)13-7-2-8-14-24/h3-6,9-12H,2,7-8,13-15H2,1H3,(H,27,29). The van der Waals surface area contributed by atoms with Crippen LogP contribution in [-0.2, 0) is 4.79 Å². The fourth-order valence-corrected chi connectivity index (χ4v) is 4.89. The van der Waals surface area contributed by atoms with Crippen LogP contribution in [0.5, 0.6) is 5.75 Å². The van der Waals surface area contributed by atoms with Crippen LogP contribution < -0.4 is 15.6 Å². The van der Waals surface area contributed by atoms with Gasteiger partial charge in [-0.2, -0.15) is 5.26 Å². The minimum atomic E-state index is -0.797. The van der Waals surface area contributed by atoms with E-state index in [1.54, 1.807) is 37.4 Å². The molecule has 1 saturated carbocycles. The van der Waals surface area contributed by atoms with Gasteiger partial charge in [-0.15, -0.1) is 0 Å². The number of ether oxygens (including phenoxy) is 1. The molecule has 3 aromatic rings. The highest BCUT2D eigenvalue weighted by Gasteiger charge is 2.33. The Morgan fingerprint density at radius 1 is 1.19 bits per heavy atom. The summed E-state index contributed by atoms with van der Waals surface area (Å²) in [6, 6.07) is 16.6. The summed E-state index contributed by atoms with van der Waals surface area (Å²) < 4.78 is 6.95. The Morgan fingerprint density at radius 2 is 1.91 bits per heavy atom. The van der Waals surface area contributed by atoms with E-state index in [1.165, 1.54) is 16.3 Å². The Hall–Kier alpha value is -3.31. The van der Waals surface area contributed by atoms with Crippen molar-refractivity contribution in [2.45, 2.75) is 42.8 Å². The molecule has 7 nitrogen and oxygen atoms in total. The molecule has 4 rings (SSSR count). The normalized spacial score (nSPS) is 15.1. The number of methoxy groups -OCH3 is 1. The highest BCUT2D eigenvalue weighted by atomic mass is 32.2. The van der Waals surface area contributed by atoms with Gasteiger partial charge in [-0.1, -0.05) is 55.3 Å². The Bertz CT molecular complexity index is 1240. The molecule has 1 aliphatic carbocycles. The Morgan fingerprint density at radius 3 is 2.66 bits per heavy atom. The second-order valence-electron chi connectivity index (χ2n) is 7.82. The summed E-state index contributed by atoms with van der Waals surface area (Å²) in [6.45, 7) is 0. The maximum absolute atomic E-state index is 13.4. The van der Waals surface area contributed by atoms with Crippen LogP contribution in [0.4, 0.5) is 0 Å². The lowest BCUT2D eigenvalue weighted by molar-refractivity contribution is -0.120. The van der Waals surface area contributed by atoms with Crippen molar-refractivity contribution < 1.29 is 9.53 Å². The molecule has 1 amide bonds. The van der Waals surface area contributed by atoms with Gasteiger partial charge in [0.2, 0.25) is 5.91 Å². The van der Waals surface area contributed by atoms with Gasteiger partial charge in [-0.25, -0.2) is 4.98 Å². The van der Waals surface area contributed by atoms with Crippen LogP contribution in [0, 0.1) is 11.3 Å². The SMILES string of the molecule is COc1ccccc1-n1c(SCC(=O)NC2(C#N)CCCCC2)nc2ccccc2c1=O. The van der Waals surface area contributed by atoms with Crippen molar-refractivity contribution in [3.05, 3.63) is 58.9 Å². The lowest BCUT2D eigenvalue weighted by Gasteiger charge is -2.31. The van der Waals surface area contributed by atoms with E-state index >= 15 is 0 Å². The maximum atomic E-state index is 13.4. The van der Waals surface area contributed by atoms with Crippen molar-refractivity contribution in [2.24, 2.45) is 0 Å². The number of para-hydroxylation sites is 3. The molecule has 0 spiro atoms. The van der Waals surface area contributed by atoms with Gasteiger partial charge in [0.05, 0.1) is 35.5 Å². The second-order valence-corrected chi connectivity index (χ2v) is 8.76. The van der Waals surface area contributed by atoms with E-state index in [9.17, 15) is 14.9 Å². The molecular formula is C24H24N4O3S. The maximum Gasteiger partial charge on any atom is 0.266 e. The number of aromatic nitrogens is 2. The second kappa shape index (κ2) is 9.45. The van der Waals surface area contributed by atoms with Crippen LogP contribution >= 0.6 is 11.8 Å². The average Bonchev–Trinajstić information content (AvgIpc) is 2.83. The van der Waals surface area contributed by atoms with Crippen molar-refractivity contribution in [1.82, 2.24) is 14.9 Å². The Balaban J connectivity index is 1.68. The van der Waals surface area contributed by atoms with Crippen molar-refractivity contribution in [3.63, 3.8) is 0 Å². The first kappa shape index (κ1) is 21.9. The summed E-state index contributed by atoms with van der Waals surface area (Å²) in [7, 11) is 1.55. The molecule has 0 bridgehead atoms. The number of nitriles is 1. The van der Waals surface area contributed by atoms with Gasteiger partial charge in [0, 0.05) is 0 Å². The molecule has 2 aromatic carbocycles. The van der Waals surface area contributed by atoms with Gasteiger partial charge >= 0.3 is 0 Å². The summed E-state index contributed by atoms with van der Waals surface area (Å²) in [4.78, 5) is 30.8. The minimum Gasteiger partial charge on any atom is -0.495 e. The predicted molar refractivity (Wildman–Crippen MR) is 124 cm³/mol. The Kier molecular flexibility index (Phi) is 6.47. The van der Waals surface area contributed by atoms with Gasteiger partial charge in [0.25, 0.3) is 5.56 Å². The van der Waals surface area contributed by atoms with E-state index in [0.29, 0.717) is 40.3 Å². The number of nitrogens with one attached hydrogen (secondary N) is 1. The lowest BCUT2D eigenvalue weighted by atomic mass is 9.83. The van der Waals surface area contributed by atoms with Crippen molar-refractivity contribution in [1.29, 1.82) is 5.26 Å². The summed E-state index contributed by atoms with van der Waals surface area (Å²) in [5.74, 6) is 0.333. The number of hydrogen-bond donors (Lipinski definition) is 1. The smallest absolute Gasteiger partial charge is 0.266 e. The molecule has 0 aliphatic heterocycles. The molecule has 1 fully saturated rings. The third-order valence-electron chi connectivity index (χ3n) is 5.70. The van der Waals surface area contributed by atoms with E-state index in [4.69, 9.17) is 4.74 Å². The number of thioether (sulfide) groups is 1. The van der Waals surface area contributed by atoms with Crippen LogP contribution in [0.1, 0.15) is 32.1 Å². The minimum absolute atomic E-state index is 0.0450. The zero-order chi connectivity index (χ0) is 22.6. The predicted octanol–water partition coefficient (Wildman–Crippen LogP) is 3.83. The quantitative estimate of drug-likeness (QED) is 0.455. The monoisotopic (exact) mass is 448 g/mol. The van der Waals surface area contributed by atoms with E-state index in [0.717, 1.165) is 19.3 Å². The number of carbonyl (C=O) groups is 1. The van der Waals surface area contributed by atoms with Crippen LogP contribution in [0.15, 0.2) is 58.5 Å². The van der Waals surface area contributed by atoms with Gasteiger partial charge in [-0.3, -0.25) is 14.2 Å². The molecule has 164 valence electrons. The zero-order valence-corrected chi connectivity index (χ0v) is 18.7. The lowest BCUT2D eigenvalue weighted by Crippen LogP contribution is -2.49. The molecular weight excluding hydrogens is 424 g/mol. The van der Waals surface area contributed by atoms with Crippen LogP contribution in [0.25, 0.3) is 16.6 Å². The number of nitrogens with zero attached hydrogens (tertiary/aromatic N) is 3. The van der Waals surface area contributed by atoms with Crippen molar-refractivity contribution in [2.75, 3.05) is 12.9 Å². The van der Waals surface area contributed by atoms with E-state index < -0.39 is 5.54 Å². The fourth-order valence-electron chi connectivity index (χ4n) is 4.09. The van der Waals surface area contributed by atoms with Crippen LogP contribution in [0.2, 0.25) is 0 Å². The number of rotatable bonds is 6. The molecule has 0 radical (unpaired) electrons. The molecule has 8 heteroatoms. The molecule has 1 aliphatic rings.